The van der Waals surface area contributed by atoms with Crippen molar-refractivity contribution in [1.82, 2.24) is 24.3 Å². The molecule has 2 unspecified atom stereocenters. The van der Waals surface area contributed by atoms with Crippen molar-refractivity contribution in [2.75, 3.05) is 25.0 Å². The zero-order valence-corrected chi connectivity index (χ0v) is 16.5. The van der Waals surface area contributed by atoms with Crippen LogP contribution in [0.4, 0.5) is 10.2 Å². The number of aliphatic hydroxyl groups excluding tert-OH is 2. The highest BCUT2D eigenvalue weighted by atomic mass is 19.1. The number of likely N-dealkylation sites (tertiary alicyclic amines) is 1. The summed E-state index contributed by atoms with van der Waals surface area (Å²) in [6.07, 6.45) is 4.83. The molecule has 1 saturated heterocycles. The Morgan fingerprint density at radius 2 is 2.20 bits per heavy atom. The fraction of sp³-hybridized carbons (Fsp3) is 0.400. The van der Waals surface area contributed by atoms with Crippen LogP contribution >= 0.6 is 0 Å². The van der Waals surface area contributed by atoms with Gasteiger partial charge in [0.2, 0.25) is 0 Å². The topological polar surface area (TPSA) is 116 Å². The van der Waals surface area contributed by atoms with Gasteiger partial charge in [-0.05, 0) is 31.9 Å². The lowest BCUT2D eigenvalue weighted by molar-refractivity contribution is -0.143. The van der Waals surface area contributed by atoms with Crippen LogP contribution in [0.15, 0.2) is 30.7 Å². The van der Waals surface area contributed by atoms with Gasteiger partial charge in [-0.2, -0.15) is 0 Å². The summed E-state index contributed by atoms with van der Waals surface area (Å²) < 4.78 is 15.3. The average molecular weight is 414 g/mol. The summed E-state index contributed by atoms with van der Waals surface area (Å²) in [5.41, 5.74) is 1.99. The number of aliphatic hydroxyl groups is 2. The van der Waals surface area contributed by atoms with E-state index in [1.807, 2.05) is 6.92 Å². The molecule has 0 aliphatic carbocycles. The van der Waals surface area contributed by atoms with E-state index in [1.165, 1.54) is 12.3 Å². The van der Waals surface area contributed by atoms with Crippen molar-refractivity contribution in [3.63, 3.8) is 0 Å². The first-order valence-electron chi connectivity index (χ1n) is 9.77. The molecular weight excluding hydrogens is 391 g/mol. The number of pyridine rings is 1. The van der Waals surface area contributed by atoms with Crippen LogP contribution < -0.4 is 5.32 Å². The molecule has 1 amide bonds. The third kappa shape index (κ3) is 3.96. The monoisotopic (exact) mass is 414 g/mol. The molecule has 1 fully saturated rings. The lowest BCUT2D eigenvalue weighted by atomic mass is 10.0. The smallest absolute Gasteiger partial charge is 0.253 e. The highest BCUT2D eigenvalue weighted by Crippen LogP contribution is 2.23. The van der Waals surface area contributed by atoms with E-state index < -0.39 is 18.6 Å². The lowest BCUT2D eigenvalue weighted by Gasteiger charge is -2.34. The van der Waals surface area contributed by atoms with Crippen LogP contribution in [-0.2, 0) is 4.79 Å². The van der Waals surface area contributed by atoms with Crippen LogP contribution in [-0.4, -0.2) is 72.2 Å². The molecule has 4 heterocycles. The van der Waals surface area contributed by atoms with Crippen molar-refractivity contribution in [3.8, 4) is 11.5 Å². The van der Waals surface area contributed by atoms with Crippen LogP contribution in [0.2, 0.25) is 0 Å². The number of aromatic nitrogens is 4. The molecule has 1 aliphatic heterocycles. The number of carbonyl (C=O) groups is 1. The number of anilines is 1. The summed E-state index contributed by atoms with van der Waals surface area (Å²) in [7, 11) is 0. The van der Waals surface area contributed by atoms with Gasteiger partial charge in [0, 0.05) is 37.1 Å². The molecule has 2 atom stereocenters. The van der Waals surface area contributed by atoms with E-state index >= 15 is 0 Å². The number of amides is 1. The highest BCUT2D eigenvalue weighted by molar-refractivity contribution is 5.81. The molecule has 10 heteroatoms. The Morgan fingerprint density at radius 1 is 1.37 bits per heavy atom. The van der Waals surface area contributed by atoms with Crippen LogP contribution in [0.1, 0.15) is 18.4 Å². The molecule has 4 rings (SSSR count). The zero-order valence-electron chi connectivity index (χ0n) is 16.5. The molecule has 9 nitrogen and oxygen atoms in total. The van der Waals surface area contributed by atoms with Crippen molar-refractivity contribution in [2.24, 2.45) is 0 Å². The second kappa shape index (κ2) is 8.33. The summed E-state index contributed by atoms with van der Waals surface area (Å²) in [4.78, 5) is 27.0. The summed E-state index contributed by atoms with van der Waals surface area (Å²) >= 11 is 0. The Hall–Kier alpha value is -3.11. The van der Waals surface area contributed by atoms with Crippen molar-refractivity contribution in [3.05, 3.63) is 42.1 Å². The minimum atomic E-state index is -1.40. The summed E-state index contributed by atoms with van der Waals surface area (Å²) in [6.45, 7) is 2.22. The number of aryl methyl sites for hydroxylation is 1. The normalized spacial score (nSPS) is 17.9. The van der Waals surface area contributed by atoms with Crippen molar-refractivity contribution in [2.45, 2.75) is 31.9 Å². The fourth-order valence-electron chi connectivity index (χ4n) is 3.61. The van der Waals surface area contributed by atoms with E-state index in [-0.39, 0.29) is 11.9 Å². The molecule has 0 saturated carbocycles. The molecule has 1 aliphatic rings. The third-order valence-electron chi connectivity index (χ3n) is 5.20. The first-order chi connectivity index (χ1) is 14.5. The maximum atomic E-state index is 13.7. The van der Waals surface area contributed by atoms with Gasteiger partial charge in [-0.3, -0.25) is 9.20 Å². The third-order valence-corrected chi connectivity index (χ3v) is 5.20. The Balaban J connectivity index is 1.56. The van der Waals surface area contributed by atoms with Gasteiger partial charge in [-0.25, -0.2) is 19.3 Å². The molecule has 30 heavy (non-hydrogen) atoms. The summed E-state index contributed by atoms with van der Waals surface area (Å²) in [5, 5.41) is 22.0. The molecule has 3 N–H and O–H groups in total. The minimum absolute atomic E-state index is 0.0605. The van der Waals surface area contributed by atoms with Crippen molar-refractivity contribution < 1.29 is 19.4 Å². The Kier molecular flexibility index (Phi) is 5.60. The van der Waals surface area contributed by atoms with E-state index in [4.69, 9.17) is 5.11 Å². The number of rotatable bonds is 5. The molecule has 158 valence electrons. The SMILES string of the molecule is Cc1cnc(-c2cnc3ccc(F)cn23)nc1NC1CCCN(C(=O)C(O)CO)C1. The summed E-state index contributed by atoms with van der Waals surface area (Å²) in [6, 6.07) is 2.87. The predicted octanol–water partition coefficient (Wildman–Crippen LogP) is 0.995. The van der Waals surface area contributed by atoms with E-state index in [9.17, 15) is 14.3 Å². The number of nitrogens with zero attached hydrogens (tertiary/aromatic N) is 5. The summed E-state index contributed by atoms with van der Waals surface area (Å²) in [5.74, 6) is 0.162. The van der Waals surface area contributed by atoms with E-state index in [1.54, 1.807) is 27.8 Å². The molecule has 0 radical (unpaired) electrons. The molecule has 0 aromatic carbocycles. The first-order valence-corrected chi connectivity index (χ1v) is 9.77. The predicted molar refractivity (Wildman–Crippen MR) is 107 cm³/mol. The Labute approximate surface area is 172 Å². The van der Waals surface area contributed by atoms with Crippen LogP contribution in [0, 0.1) is 12.7 Å². The van der Waals surface area contributed by atoms with Crippen molar-refractivity contribution >= 4 is 17.4 Å². The molecule has 3 aromatic heterocycles. The fourth-order valence-corrected chi connectivity index (χ4v) is 3.61. The van der Waals surface area contributed by atoms with Gasteiger partial charge in [0.05, 0.1) is 12.8 Å². The number of piperidine rings is 1. The number of hydrogen-bond acceptors (Lipinski definition) is 7. The minimum Gasteiger partial charge on any atom is -0.393 e. The lowest BCUT2D eigenvalue weighted by Crippen LogP contribution is -2.49. The number of hydrogen-bond donors (Lipinski definition) is 3. The standard InChI is InChI=1S/C20H23FN6O3/c1-12-7-23-19(15-8-22-17-5-4-13(21)9-27(15)17)25-18(12)24-14-3-2-6-26(10-14)20(30)16(29)11-28/h4-5,7-9,14,16,28-29H,2-3,6,10-11H2,1H3,(H,23,24,25). The van der Waals surface area contributed by atoms with Crippen LogP contribution in [0.25, 0.3) is 17.2 Å². The van der Waals surface area contributed by atoms with E-state index in [0.717, 1.165) is 18.4 Å². The number of carbonyl (C=O) groups excluding carboxylic acids is 1. The number of imidazole rings is 1. The number of fused-ring (bicyclic) bond motifs is 1. The largest absolute Gasteiger partial charge is 0.393 e. The van der Waals surface area contributed by atoms with Gasteiger partial charge in [0.1, 0.15) is 23.0 Å². The van der Waals surface area contributed by atoms with E-state index in [0.29, 0.717) is 36.1 Å². The number of nitrogens with one attached hydrogen (secondary N) is 1. The second-order valence-electron chi connectivity index (χ2n) is 7.41. The van der Waals surface area contributed by atoms with Crippen molar-refractivity contribution in [1.29, 1.82) is 0 Å². The maximum absolute atomic E-state index is 13.7. The van der Waals surface area contributed by atoms with Gasteiger partial charge in [0.15, 0.2) is 11.9 Å². The van der Waals surface area contributed by atoms with Gasteiger partial charge in [-0.15, -0.1) is 0 Å². The molecule has 0 bridgehead atoms. The average Bonchev–Trinajstić information content (AvgIpc) is 3.17. The Bertz CT molecular complexity index is 1070. The first kappa shape index (κ1) is 20.2. The number of halogens is 1. The van der Waals surface area contributed by atoms with E-state index in [2.05, 4.69) is 20.3 Å². The molecule has 0 spiro atoms. The second-order valence-corrected chi connectivity index (χ2v) is 7.41. The van der Waals surface area contributed by atoms with Gasteiger partial charge in [-0.1, -0.05) is 0 Å². The molecular formula is C20H23FN6O3. The van der Waals surface area contributed by atoms with Gasteiger partial charge < -0.3 is 20.4 Å². The van der Waals surface area contributed by atoms with Gasteiger partial charge >= 0.3 is 0 Å². The van der Waals surface area contributed by atoms with Crippen LogP contribution in [0.3, 0.4) is 0 Å². The van der Waals surface area contributed by atoms with Gasteiger partial charge in [0.25, 0.3) is 5.91 Å². The van der Waals surface area contributed by atoms with Crippen LogP contribution in [0.5, 0.6) is 0 Å². The Morgan fingerprint density at radius 3 is 3.00 bits per heavy atom. The maximum Gasteiger partial charge on any atom is 0.253 e. The zero-order chi connectivity index (χ0) is 21.3. The highest BCUT2D eigenvalue weighted by Gasteiger charge is 2.28. The quantitative estimate of drug-likeness (QED) is 0.570. The molecule has 3 aromatic rings.